The lowest BCUT2D eigenvalue weighted by Crippen LogP contribution is -2.33. The van der Waals surface area contributed by atoms with Crippen LogP contribution in [0.5, 0.6) is 0 Å². The van der Waals surface area contributed by atoms with E-state index in [1.165, 1.54) is 29.7 Å². The molecule has 34 heavy (non-hydrogen) atoms. The first kappa shape index (κ1) is 26.2. The fraction of sp³-hybridized carbons (Fsp3) is 0.500. The molecule has 0 aliphatic carbocycles. The van der Waals surface area contributed by atoms with Crippen LogP contribution >= 0.6 is 11.3 Å². The Morgan fingerprint density at radius 3 is 2.65 bits per heavy atom. The third-order valence-corrected chi connectivity index (χ3v) is 7.78. The molecule has 1 unspecified atom stereocenters. The number of thiophene rings is 1. The van der Waals surface area contributed by atoms with Gasteiger partial charge in [0.25, 0.3) is 0 Å². The van der Waals surface area contributed by atoms with Gasteiger partial charge in [-0.3, -0.25) is 4.79 Å². The molecular formula is C28H37NO4S. The molecule has 1 aliphatic heterocycles. The predicted molar refractivity (Wildman–Crippen MR) is 137 cm³/mol. The van der Waals surface area contributed by atoms with Crippen LogP contribution in [-0.4, -0.2) is 45.7 Å². The molecule has 1 aromatic carbocycles. The van der Waals surface area contributed by atoms with Gasteiger partial charge in [0.15, 0.2) is 0 Å². The number of rotatable bonds is 14. The summed E-state index contributed by atoms with van der Waals surface area (Å²) in [4.78, 5) is 26.7. The number of carbonyl (C=O) groups is 2. The monoisotopic (exact) mass is 483 g/mol. The number of aliphatic hydroxyl groups excluding tert-OH is 1. The van der Waals surface area contributed by atoms with E-state index in [4.69, 9.17) is 5.11 Å². The van der Waals surface area contributed by atoms with Gasteiger partial charge in [-0.05, 0) is 62.1 Å². The van der Waals surface area contributed by atoms with Crippen LogP contribution in [0.15, 0.2) is 54.6 Å². The second kappa shape index (κ2) is 13.4. The zero-order chi connectivity index (χ0) is 24.3. The van der Waals surface area contributed by atoms with Crippen LogP contribution in [0.1, 0.15) is 72.0 Å². The van der Waals surface area contributed by atoms with Crippen molar-refractivity contribution in [2.24, 2.45) is 5.92 Å². The second-order valence-corrected chi connectivity index (χ2v) is 10.5. The number of hydrogen-bond acceptors (Lipinski definition) is 4. The lowest BCUT2D eigenvalue weighted by Gasteiger charge is -2.23. The van der Waals surface area contributed by atoms with Gasteiger partial charge in [0.05, 0.1) is 12.1 Å². The Kier molecular flexibility index (Phi) is 10.4. The van der Waals surface area contributed by atoms with E-state index in [1.54, 1.807) is 6.07 Å². The van der Waals surface area contributed by atoms with Crippen LogP contribution < -0.4 is 0 Å². The highest BCUT2D eigenvalue weighted by molar-refractivity contribution is 7.13. The molecule has 3 atom stereocenters. The normalized spacial score (nSPS) is 18.0. The minimum absolute atomic E-state index is 0.0399. The summed E-state index contributed by atoms with van der Waals surface area (Å²) in [6, 6.07) is 14.1. The summed E-state index contributed by atoms with van der Waals surface area (Å²) in [6.07, 6.45) is 11.8. The molecule has 0 radical (unpaired) electrons. The van der Waals surface area contributed by atoms with Crippen molar-refractivity contribution in [2.75, 3.05) is 6.54 Å². The van der Waals surface area contributed by atoms with Gasteiger partial charge in [0.1, 0.15) is 4.88 Å². The number of benzene rings is 1. The highest BCUT2D eigenvalue weighted by atomic mass is 32.1. The van der Waals surface area contributed by atoms with E-state index >= 15 is 0 Å². The second-order valence-electron chi connectivity index (χ2n) is 9.31. The molecular weight excluding hydrogens is 446 g/mol. The van der Waals surface area contributed by atoms with Crippen LogP contribution in [0, 0.1) is 5.92 Å². The quantitative estimate of drug-likeness (QED) is 0.266. The van der Waals surface area contributed by atoms with Crippen LogP contribution in [0.4, 0.5) is 0 Å². The summed E-state index contributed by atoms with van der Waals surface area (Å²) in [5.41, 5.74) is 1.38. The molecule has 6 heteroatoms. The van der Waals surface area contributed by atoms with Gasteiger partial charge in [-0.1, -0.05) is 62.2 Å². The third kappa shape index (κ3) is 8.10. The SMILES string of the molecule is C[C@H](CCCCCc1ccccc1)[C@H](O)C=CC1CCC(=O)N1CCCc1ccc(C(=O)O)s1. The maximum Gasteiger partial charge on any atom is 0.345 e. The minimum atomic E-state index is -0.892. The molecule has 184 valence electrons. The van der Waals surface area contributed by atoms with E-state index in [0.717, 1.165) is 43.4 Å². The lowest BCUT2D eigenvalue weighted by atomic mass is 9.95. The molecule has 1 fully saturated rings. The third-order valence-electron chi connectivity index (χ3n) is 6.65. The van der Waals surface area contributed by atoms with E-state index in [0.29, 0.717) is 17.8 Å². The van der Waals surface area contributed by atoms with E-state index in [2.05, 4.69) is 31.2 Å². The molecule has 1 aromatic heterocycles. The average molecular weight is 484 g/mol. The molecule has 5 nitrogen and oxygen atoms in total. The number of aliphatic hydroxyl groups is 1. The largest absolute Gasteiger partial charge is 0.477 e. The van der Waals surface area contributed by atoms with Gasteiger partial charge in [0, 0.05) is 17.8 Å². The van der Waals surface area contributed by atoms with Gasteiger partial charge in [0.2, 0.25) is 5.91 Å². The van der Waals surface area contributed by atoms with Crippen molar-refractivity contribution >= 4 is 23.2 Å². The summed E-state index contributed by atoms with van der Waals surface area (Å²) < 4.78 is 0. The summed E-state index contributed by atoms with van der Waals surface area (Å²) in [5, 5.41) is 19.7. The Balaban J connectivity index is 1.37. The molecule has 1 saturated heterocycles. The Morgan fingerprint density at radius 2 is 1.91 bits per heavy atom. The zero-order valence-corrected chi connectivity index (χ0v) is 20.9. The van der Waals surface area contributed by atoms with Crippen LogP contribution in [0.2, 0.25) is 0 Å². The maximum atomic E-state index is 12.4. The van der Waals surface area contributed by atoms with E-state index in [1.807, 2.05) is 29.2 Å². The molecule has 2 aromatic rings. The standard InChI is InChI=1S/C28H37NO4S/c1-21(9-4-2-5-10-22-11-6-3-7-12-22)25(30)17-14-23-15-19-27(31)29(23)20-8-13-24-16-18-26(34-24)28(32)33/h3,6-7,11-12,14,16-18,21,23,25,30H,2,4-5,8-10,13,15,19-20H2,1H3,(H,32,33)/t21-,23?,25-/m1/s1. The molecule has 0 saturated carbocycles. The number of aryl methyl sites for hydroxylation is 2. The fourth-order valence-electron chi connectivity index (χ4n) is 4.52. The Bertz CT molecular complexity index is 939. The van der Waals surface area contributed by atoms with Gasteiger partial charge < -0.3 is 15.1 Å². The summed E-state index contributed by atoms with van der Waals surface area (Å²) in [7, 11) is 0. The number of amides is 1. The number of carboxylic acid groups (broad SMARTS) is 1. The first-order valence-corrected chi connectivity index (χ1v) is 13.3. The van der Waals surface area contributed by atoms with Crippen molar-refractivity contribution in [3.8, 4) is 0 Å². The first-order valence-electron chi connectivity index (χ1n) is 12.5. The maximum absolute atomic E-state index is 12.4. The van der Waals surface area contributed by atoms with Crippen molar-refractivity contribution in [3.05, 3.63) is 69.9 Å². The number of likely N-dealkylation sites (tertiary alicyclic amines) is 1. The topological polar surface area (TPSA) is 77.8 Å². The number of hydrogen-bond donors (Lipinski definition) is 2. The van der Waals surface area contributed by atoms with E-state index in [-0.39, 0.29) is 17.9 Å². The molecule has 0 spiro atoms. The fourth-order valence-corrected chi connectivity index (χ4v) is 5.41. The molecule has 0 bridgehead atoms. The van der Waals surface area contributed by atoms with Crippen LogP contribution in [0.25, 0.3) is 0 Å². The Labute approximate surface area is 207 Å². The number of carbonyl (C=O) groups excluding carboxylic acids is 1. The van der Waals surface area contributed by atoms with Crippen molar-refractivity contribution in [1.82, 2.24) is 4.90 Å². The lowest BCUT2D eigenvalue weighted by molar-refractivity contribution is -0.128. The van der Waals surface area contributed by atoms with Crippen LogP contribution in [-0.2, 0) is 17.6 Å². The van der Waals surface area contributed by atoms with Gasteiger partial charge in [-0.15, -0.1) is 11.3 Å². The number of aromatic carboxylic acids is 1. The molecule has 1 amide bonds. The summed E-state index contributed by atoms with van der Waals surface area (Å²) in [5.74, 6) is -0.537. The Morgan fingerprint density at radius 1 is 1.12 bits per heavy atom. The number of nitrogens with zero attached hydrogens (tertiary/aromatic N) is 1. The minimum Gasteiger partial charge on any atom is -0.477 e. The molecule has 1 aliphatic rings. The zero-order valence-electron chi connectivity index (χ0n) is 20.1. The van der Waals surface area contributed by atoms with E-state index < -0.39 is 12.1 Å². The van der Waals surface area contributed by atoms with Gasteiger partial charge in [-0.25, -0.2) is 4.79 Å². The number of carboxylic acids is 1. The van der Waals surface area contributed by atoms with Crippen molar-refractivity contribution < 1.29 is 19.8 Å². The average Bonchev–Trinajstić information content (AvgIpc) is 3.45. The van der Waals surface area contributed by atoms with Crippen molar-refractivity contribution in [2.45, 2.75) is 76.9 Å². The smallest absolute Gasteiger partial charge is 0.345 e. The summed E-state index contributed by atoms with van der Waals surface area (Å²) in [6.45, 7) is 2.75. The number of unbranched alkanes of at least 4 members (excludes halogenated alkanes) is 2. The van der Waals surface area contributed by atoms with Crippen molar-refractivity contribution in [1.29, 1.82) is 0 Å². The molecule has 3 rings (SSSR count). The highest BCUT2D eigenvalue weighted by Crippen LogP contribution is 2.23. The molecule has 2 heterocycles. The predicted octanol–water partition coefficient (Wildman–Crippen LogP) is 5.73. The highest BCUT2D eigenvalue weighted by Gasteiger charge is 2.28. The molecule has 2 N–H and O–H groups in total. The summed E-state index contributed by atoms with van der Waals surface area (Å²) >= 11 is 1.30. The van der Waals surface area contributed by atoms with Crippen LogP contribution in [0.3, 0.4) is 0 Å². The van der Waals surface area contributed by atoms with E-state index in [9.17, 15) is 14.7 Å². The Hall–Kier alpha value is -2.44. The van der Waals surface area contributed by atoms with Crippen molar-refractivity contribution in [3.63, 3.8) is 0 Å². The van der Waals surface area contributed by atoms with Gasteiger partial charge >= 0.3 is 5.97 Å². The van der Waals surface area contributed by atoms with Gasteiger partial charge in [-0.2, -0.15) is 0 Å². The first-order chi connectivity index (χ1) is 16.4.